The number of hydrogen-bond acceptors (Lipinski definition) is 5. The van der Waals surface area contributed by atoms with Crippen LogP contribution in [0.15, 0.2) is 30.3 Å². The van der Waals surface area contributed by atoms with Gasteiger partial charge in [0.1, 0.15) is 5.82 Å². The molecule has 7 nitrogen and oxygen atoms in total. The van der Waals surface area contributed by atoms with Gasteiger partial charge < -0.3 is 9.80 Å². The third-order valence-electron chi connectivity index (χ3n) is 5.76. The molecule has 5 rings (SSSR count). The number of piperazine rings is 1. The quantitative estimate of drug-likeness (QED) is 0.661. The summed E-state index contributed by atoms with van der Waals surface area (Å²) in [5.41, 5.74) is 2.78. The molecular formula is C21H23ClN6O. The number of nitrogens with zero attached hydrogens (tertiary/aromatic N) is 6. The predicted octanol–water partition coefficient (Wildman–Crippen LogP) is 2.85. The van der Waals surface area contributed by atoms with E-state index in [1.807, 2.05) is 46.7 Å². The monoisotopic (exact) mass is 410 g/mol. The van der Waals surface area contributed by atoms with Gasteiger partial charge in [-0.2, -0.15) is 4.52 Å². The molecule has 3 heterocycles. The van der Waals surface area contributed by atoms with Gasteiger partial charge in [-0.15, -0.1) is 15.3 Å². The van der Waals surface area contributed by atoms with Crippen LogP contribution in [0.25, 0.3) is 5.65 Å². The molecule has 8 heteroatoms. The molecule has 0 bridgehead atoms. The van der Waals surface area contributed by atoms with Crippen molar-refractivity contribution in [2.24, 2.45) is 0 Å². The fourth-order valence-electron chi connectivity index (χ4n) is 3.78. The fourth-order valence-corrected chi connectivity index (χ4v) is 3.98. The summed E-state index contributed by atoms with van der Waals surface area (Å²) < 4.78 is 1.88. The molecular weight excluding hydrogens is 388 g/mol. The Morgan fingerprint density at radius 3 is 2.62 bits per heavy atom. The van der Waals surface area contributed by atoms with Crippen LogP contribution in [0.1, 0.15) is 35.7 Å². The lowest BCUT2D eigenvalue weighted by Crippen LogP contribution is -2.49. The SMILES string of the molecule is Cc1ccc(CC(=O)N2CCN(c3ccc4nnc(C5CC5)n4n3)CC2)cc1Cl. The summed E-state index contributed by atoms with van der Waals surface area (Å²) in [6, 6.07) is 9.80. The molecule has 29 heavy (non-hydrogen) atoms. The Morgan fingerprint density at radius 1 is 1.10 bits per heavy atom. The number of carbonyl (C=O) groups is 1. The second-order valence-corrected chi connectivity index (χ2v) is 8.33. The molecule has 0 atom stereocenters. The highest BCUT2D eigenvalue weighted by Crippen LogP contribution is 2.38. The molecule has 1 amide bonds. The largest absolute Gasteiger partial charge is 0.352 e. The van der Waals surface area contributed by atoms with E-state index in [9.17, 15) is 4.79 Å². The molecule has 0 radical (unpaired) electrons. The van der Waals surface area contributed by atoms with Gasteiger partial charge in [0.25, 0.3) is 0 Å². The van der Waals surface area contributed by atoms with Gasteiger partial charge in [-0.1, -0.05) is 23.7 Å². The van der Waals surface area contributed by atoms with Crippen LogP contribution in [-0.2, 0) is 11.2 Å². The number of aromatic nitrogens is 4. The number of rotatable bonds is 4. The first kappa shape index (κ1) is 18.4. The van der Waals surface area contributed by atoms with Crippen LogP contribution in [0.2, 0.25) is 5.02 Å². The van der Waals surface area contributed by atoms with Crippen LogP contribution >= 0.6 is 11.6 Å². The minimum Gasteiger partial charge on any atom is -0.352 e. The summed E-state index contributed by atoms with van der Waals surface area (Å²) in [6.45, 7) is 4.87. The maximum absolute atomic E-state index is 12.7. The number of benzene rings is 1. The van der Waals surface area contributed by atoms with Gasteiger partial charge in [-0.05, 0) is 49.1 Å². The van der Waals surface area contributed by atoms with Crippen molar-refractivity contribution in [3.63, 3.8) is 0 Å². The first-order valence-electron chi connectivity index (χ1n) is 10.1. The van der Waals surface area contributed by atoms with Crippen molar-refractivity contribution in [3.05, 3.63) is 52.3 Å². The Kier molecular flexibility index (Phi) is 4.62. The maximum atomic E-state index is 12.7. The van der Waals surface area contributed by atoms with Crippen molar-refractivity contribution in [1.82, 2.24) is 24.7 Å². The number of aryl methyl sites for hydroxylation is 1. The van der Waals surface area contributed by atoms with Gasteiger partial charge >= 0.3 is 0 Å². The van der Waals surface area contributed by atoms with Gasteiger partial charge in [0, 0.05) is 37.1 Å². The van der Waals surface area contributed by atoms with Gasteiger partial charge in [0.15, 0.2) is 11.5 Å². The van der Waals surface area contributed by atoms with E-state index in [4.69, 9.17) is 16.7 Å². The summed E-state index contributed by atoms with van der Waals surface area (Å²) in [5.74, 6) is 2.52. The smallest absolute Gasteiger partial charge is 0.227 e. The van der Waals surface area contributed by atoms with Crippen molar-refractivity contribution in [1.29, 1.82) is 0 Å². The average molecular weight is 411 g/mol. The lowest BCUT2D eigenvalue weighted by Gasteiger charge is -2.35. The topological polar surface area (TPSA) is 66.6 Å². The van der Waals surface area contributed by atoms with E-state index in [0.717, 1.165) is 41.5 Å². The van der Waals surface area contributed by atoms with E-state index in [1.54, 1.807) is 0 Å². The maximum Gasteiger partial charge on any atom is 0.227 e. The predicted molar refractivity (Wildman–Crippen MR) is 111 cm³/mol. The number of carbonyl (C=O) groups excluding carboxylic acids is 1. The summed E-state index contributed by atoms with van der Waals surface area (Å²) >= 11 is 6.19. The van der Waals surface area contributed by atoms with E-state index in [-0.39, 0.29) is 5.91 Å². The number of anilines is 1. The molecule has 2 aromatic heterocycles. The van der Waals surface area contributed by atoms with Crippen LogP contribution in [-0.4, -0.2) is 56.8 Å². The molecule has 1 aliphatic carbocycles. The molecule has 0 N–H and O–H groups in total. The zero-order valence-electron chi connectivity index (χ0n) is 16.4. The Labute approximate surface area is 174 Å². The van der Waals surface area contributed by atoms with Crippen molar-refractivity contribution in [2.45, 2.75) is 32.1 Å². The van der Waals surface area contributed by atoms with Crippen molar-refractivity contribution in [2.75, 3.05) is 31.1 Å². The first-order chi connectivity index (χ1) is 14.1. The molecule has 1 aliphatic heterocycles. The average Bonchev–Trinajstić information content (AvgIpc) is 3.49. The molecule has 0 unspecified atom stereocenters. The van der Waals surface area contributed by atoms with E-state index >= 15 is 0 Å². The molecule has 2 fully saturated rings. The summed E-state index contributed by atoms with van der Waals surface area (Å²) in [4.78, 5) is 16.9. The van der Waals surface area contributed by atoms with Crippen molar-refractivity contribution < 1.29 is 4.79 Å². The first-order valence-corrected chi connectivity index (χ1v) is 10.5. The molecule has 0 spiro atoms. The van der Waals surface area contributed by atoms with Gasteiger partial charge in [-0.25, -0.2) is 0 Å². The van der Waals surface area contributed by atoms with Crippen LogP contribution in [0.5, 0.6) is 0 Å². The van der Waals surface area contributed by atoms with Gasteiger partial charge in [-0.3, -0.25) is 4.79 Å². The van der Waals surface area contributed by atoms with Gasteiger partial charge in [0.2, 0.25) is 5.91 Å². The summed E-state index contributed by atoms with van der Waals surface area (Å²) in [7, 11) is 0. The molecule has 150 valence electrons. The molecule has 3 aromatic rings. The van der Waals surface area contributed by atoms with E-state index in [0.29, 0.717) is 30.5 Å². The normalized spacial score (nSPS) is 17.2. The van der Waals surface area contributed by atoms with Crippen LogP contribution < -0.4 is 4.90 Å². The second kappa shape index (κ2) is 7.30. The minimum atomic E-state index is 0.141. The molecule has 1 aromatic carbocycles. The number of hydrogen-bond donors (Lipinski definition) is 0. The Balaban J connectivity index is 1.24. The van der Waals surface area contributed by atoms with Gasteiger partial charge in [0.05, 0.1) is 6.42 Å². The third kappa shape index (κ3) is 3.67. The highest BCUT2D eigenvalue weighted by Gasteiger charge is 2.30. The highest BCUT2D eigenvalue weighted by molar-refractivity contribution is 6.31. The Morgan fingerprint density at radius 2 is 1.90 bits per heavy atom. The van der Waals surface area contributed by atoms with E-state index < -0.39 is 0 Å². The number of fused-ring (bicyclic) bond motifs is 1. The lowest BCUT2D eigenvalue weighted by molar-refractivity contribution is -0.130. The zero-order valence-corrected chi connectivity index (χ0v) is 17.1. The number of amides is 1. The third-order valence-corrected chi connectivity index (χ3v) is 6.17. The van der Waals surface area contributed by atoms with Crippen LogP contribution in [0.3, 0.4) is 0 Å². The molecule has 1 saturated carbocycles. The lowest BCUT2D eigenvalue weighted by atomic mass is 10.1. The zero-order chi connectivity index (χ0) is 20.0. The second-order valence-electron chi connectivity index (χ2n) is 7.92. The minimum absolute atomic E-state index is 0.141. The molecule has 1 saturated heterocycles. The summed E-state index contributed by atoms with van der Waals surface area (Å²) in [5, 5.41) is 14.0. The standard InChI is InChI=1S/C21H23ClN6O/c1-14-2-3-15(12-17(14)22)13-20(29)27-10-8-26(9-11-27)19-7-6-18-23-24-21(16-4-5-16)28(18)25-19/h2-3,6-7,12,16H,4-5,8-11,13H2,1H3. The Hall–Kier alpha value is -2.67. The number of halogens is 1. The van der Waals surface area contributed by atoms with Crippen molar-refractivity contribution >= 4 is 29.0 Å². The van der Waals surface area contributed by atoms with Crippen LogP contribution in [0, 0.1) is 6.92 Å². The summed E-state index contributed by atoms with van der Waals surface area (Å²) in [6.07, 6.45) is 2.72. The van der Waals surface area contributed by atoms with E-state index in [2.05, 4.69) is 15.1 Å². The van der Waals surface area contributed by atoms with Crippen molar-refractivity contribution in [3.8, 4) is 0 Å². The highest BCUT2D eigenvalue weighted by atomic mass is 35.5. The van der Waals surface area contributed by atoms with Crippen LogP contribution in [0.4, 0.5) is 5.82 Å². The fraction of sp³-hybridized carbons (Fsp3) is 0.429. The van der Waals surface area contributed by atoms with E-state index in [1.165, 1.54) is 12.8 Å². The Bertz CT molecular complexity index is 1070. The molecule has 2 aliphatic rings.